The van der Waals surface area contributed by atoms with Gasteiger partial charge in [-0.1, -0.05) is 69.3 Å². The molecular formula is C26H32N2O5. The number of ether oxygens (including phenoxy) is 1. The van der Waals surface area contributed by atoms with Crippen LogP contribution in [0.2, 0.25) is 0 Å². The molecule has 0 spiro atoms. The lowest BCUT2D eigenvalue weighted by molar-refractivity contribution is -0.145. The molecule has 1 atom stereocenters. The van der Waals surface area contributed by atoms with E-state index in [2.05, 4.69) is 34.9 Å². The van der Waals surface area contributed by atoms with E-state index in [-0.39, 0.29) is 24.9 Å². The van der Waals surface area contributed by atoms with Crippen molar-refractivity contribution in [1.29, 1.82) is 0 Å². The number of rotatable bonds is 9. The van der Waals surface area contributed by atoms with E-state index in [0.29, 0.717) is 19.4 Å². The van der Waals surface area contributed by atoms with Crippen LogP contribution in [0.25, 0.3) is 11.1 Å². The number of carbonyl (C=O) groups excluding carboxylic acids is 2. The van der Waals surface area contributed by atoms with Crippen LogP contribution in [0.15, 0.2) is 48.5 Å². The van der Waals surface area contributed by atoms with E-state index in [1.807, 2.05) is 24.3 Å². The quantitative estimate of drug-likeness (QED) is 0.492. The van der Waals surface area contributed by atoms with Crippen LogP contribution in [0.4, 0.5) is 4.79 Å². The summed E-state index contributed by atoms with van der Waals surface area (Å²) in [4.78, 5) is 35.6. The second-order valence-electron chi connectivity index (χ2n) is 9.41. The molecule has 0 saturated heterocycles. The van der Waals surface area contributed by atoms with Gasteiger partial charge in [-0.05, 0) is 40.5 Å². The summed E-state index contributed by atoms with van der Waals surface area (Å²) in [6.45, 7) is 5.94. The standard InChI is InChI=1S/C26H32N2O5/c1-26(2,3)23(24(30)31)28-22(29)14-8-9-15-27-25(32)33-16-21-19-12-6-4-10-17(19)18-11-5-7-13-20(18)21/h4-7,10-13,21,23H,8-9,14-16H2,1-3H3,(H,27,32)(H,28,29)(H,30,31)/t23-/m0/s1. The molecule has 1 aliphatic carbocycles. The number of carboxylic acid groups (broad SMARTS) is 1. The van der Waals surface area contributed by atoms with Gasteiger partial charge in [-0.3, -0.25) is 4.79 Å². The number of aliphatic carboxylic acids is 1. The molecule has 0 bridgehead atoms. The zero-order valence-electron chi connectivity index (χ0n) is 19.4. The molecule has 176 valence electrons. The number of alkyl carbamates (subject to hydrolysis) is 1. The minimum Gasteiger partial charge on any atom is -0.480 e. The molecule has 0 aromatic heterocycles. The van der Waals surface area contributed by atoms with Crippen LogP contribution in [-0.4, -0.2) is 42.3 Å². The average molecular weight is 453 g/mol. The number of amides is 2. The highest BCUT2D eigenvalue weighted by Gasteiger charge is 2.32. The third-order valence-corrected chi connectivity index (χ3v) is 5.86. The normalized spacial score (nSPS) is 13.5. The minimum absolute atomic E-state index is 0.0110. The number of carbonyl (C=O) groups is 3. The molecule has 33 heavy (non-hydrogen) atoms. The predicted molar refractivity (Wildman–Crippen MR) is 126 cm³/mol. The SMILES string of the molecule is CC(C)(C)[C@@H](NC(=O)CCCCNC(=O)OCC1c2ccccc2-c2ccccc21)C(=O)O. The largest absolute Gasteiger partial charge is 0.480 e. The van der Waals surface area contributed by atoms with Crippen LogP contribution in [-0.2, 0) is 14.3 Å². The summed E-state index contributed by atoms with van der Waals surface area (Å²) >= 11 is 0. The molecule has 7 heteroatoms. The first-order chi connectivity index (χ1) is 15.7. The highest BCUT2D eigenvalue weighted by Crippen LogP contribution is 2.44. The lowest BCUT2D eigenvalue weighted by atomic mass is 9.86. The third kappa shape index (κ3) is 6.12. The summed E-state index contributed by atoms with van der Waals surface area (Å²) in [6, 6.07) is 15.4. The van der Waals surface area contributed by atoms with Gasteiger partial charge in [0.15, 0.2) is 0 Å². The fourth-order valence-electron chi connectivity index (χ4n) is 4.13. The Kier molecular flexibility index (Phi) is 7.74. The van der Waals surface area contributed by atoms with Gasteiger partial charge in [-0.15, -0.1) is 0 Å². The molecule has 3 rings (SSSR count). The van der Waals surface area contributed by atoms with Crippen molar-refractivity contribution in [3.05, 3.63) is 59.7 Å². The van der Waals surface area contributed by atoms with Gasteiger partial charge in [0, 0.05) is 18.9 Å². The molecule has 0 aliphatic heterocycles. The van der Waals surface area contributed by atoms with Gasteiger partial charge in [0.25, 0.3) is 0 Å². The van der Waals surface area contributed by atoms with Crippen LogP contribution in [0.3, 0.4) is 0 Å². The zero-order valence-corrected chi connectivity index (χ0v) is 19.4. The van der Waals surface area contributed by atoms with Gasteiger partial charge in [-0.25, -0.2) is 9.59 Å². The summed E-state index contributed by atoms with van der Waals surface area (Å²) in [5.74, 6) is -1.34. The number of nitrogens with one attached hydrogen (secondary N) is 2. The van der Waals surface area contributed by atoms with Crippen molar-refractivity contribution in [2.24, 2.45) is 5.41 Å². The molecule has 2 aromatic carbocycles. The number of fused-ring (bicyclic) bond motifs is 3. The average Bonchev–Trinajstić information content (AvgIpc) is 3.08. The third-order valence-electron chi connectivity index (χ3n) is 5.86. The van der Waals surface area contributed by atoms with Crippen LogP contribution in [0.5, 0.6) is 0 Å². The molecule has 0 heterocycles. The number of carboxylic acids is 1. The molecule has 3 N–H and O–H groups in total. The topological polar surface area (TPSA) is 105 Å². The summed E-state index contributed by atoms with van der Waals surface area (Å²) < 4.78 is 5.49. The maximum atomic E-state index is 12.2. The Balaban J connectivity index is 1.39. The van der Waals surface area contributed by atoms with Gasteiger partial charge in [0.2, 0.25) is 5.91 Å². The molecular weight excluding hydrogens is 420 g/mol. The van der Waals surface area contributed by atoms with Crippen molar-refractivity contribution in [3.63, 3.8) is 0 Å². The smallest absolute Gasteiger partial charge is 0.407 e. The molecule has 7 nitrogen and oxygen atoms in total. The highest BCUT2D eigenvalue weighted by molar-refractivity contribution is 5.84. The summed E-state index contributed by atoms with van der Waals surface area (Å²) in [5, 5.41) is 14.6. The Labute approximate surface area is 194 Å². The van der Waals surface area contributed by atoms with Crippen molar-refractivity contribution < 1.29 is 24.2 Å². The highest BCUT2D eigenvalue weighted by atomic mass is 16.5. The van der Waals surface area contributed by atoms with Crippen molar-refractivity contribution in [1.82, 2.24) is 10.6 Å². The molecule has 0 fully saturated rings. The number of hydrogen-bond acceptors (Lipinski definition) is 4. The Morgan fingerprint density at radius 2 is 1.55 bits per heavy atom. The summed E-state index contributed by atoms with van der Waals surface area (Å²) in [7, 11) is 0. The molecule has 0 unspecified atom stereocenters. The van der Waals surface area contributed by atoms with Gasteiger partial charge < -0.3 is 20.5 Å². The monoisotopic (exact) mass is 452 g/mol. The second kappa shape index (κ2) is 10.5. The van der Waals surface area contributed by atoms with Crippen molar-refractivity contribution in [3.8, 4) is 11.1 Å². The first-order valence-electron chi connectivity index (χ1n) is 11.3. The zero-order chi connectivity index (χ0) is 24.0. The lowest BCUT2D eigenvalue weighted by Crippen LogP contribution is -2.49. The fourth-order valence-corrected chi connectivity index (χ4v) is 4.13. The number of unbranched alkanes of at least 4 members (excludes halogenated alkanes) is 1. The van der Waals surface area contributed by atoms with Crippen LogP contribution >= 0.6 is 0 Å². The van der Waals surface area contributed by atoms with E-state index in [4.69, 9.17) is 4.74 Å². The van der Waals surface area contributed by atoms with E-state index in [9.17, 15) is 19.5 Å². The predicted octanol–water partition coefficient (Wildman–Crippen LogP) is 4.31. The van der Waals surface area contributed by atoms with Crippen LogP contribution in [0.1, 0.15) is 57.1 Å². The van der Waals surface area contributed by atoms with E-state index in [1.54, 1.807) is 20.8 Å². The van der Waals surface area contributed by atoms with E-state index >= 15 is 0 Å². The van der Waals surface area contributed by atoms with E-state index < -0.39 is 23.5 Å². The molecule has 0 saturated carbocycles. The number of benzene rings is 2. The first kappa shape index (κ1) is 24.3. The van der Waals surface area contributed by atoms with E-state index in [0.717, 1.165) is 11.1 Å². The second-order valence-corrected chi connectivity index (χ2v) is 9.41. The fraction of sp³-hybridized carbons (Fsp3) is 0.423. The van der Waals surface area contributed by atoms with Crippen molar-refractivity contribution >= 4 is 18.0 Å². The van der Waals surface area contributed by atoms with Gasteiger partial charge in [0.05, 0.1) is 0 Å². The Bertz CT molecular complexity index is 966. The minimum atomic E-state index is -1.05. The Morgan fingerprint density at radius 3 is 2.09 bits per heavy atom. The van der Waals surface area contributed by atoms with Crippen molar-refractivity contribution in [2.45, 2.75) is 52.0 Å². The molecule has 0 radical (unpaired) electrons. The Morgan fingerprint density at radius 1 is 0.970 bits per heavy atom. The Hall–Kier alpha value is -3.35. The summed E-state index contributed by atoms with van der Waals surface area (Å²) in [6.07, 6.45) is 0.836. The van der Waals surface area contributed by atoms with Gasteiger partial charge in [0.1, 0.15) is 12.6 Å². The van der Waals surface area contributed by atoms with Crippen LogP contribution in [0, 0.1) is 5.41 Å². The summed E-state index contributed by atoms with van der Waals surface area (Å²) in [5.41, 5.74) is 4.10. The lowest BCUT2D eigenvalue weighted by Gasteiger charge is -2.27. The van der Waals surface area contributed by atoms with Crippen molar-refractivity contribution in [2.75, 3.05) is 13.2 Å². The molecule has 1 aliphatic rings. The maximum absolute atomic E-state index is 12.2. The maximum Gasteiger partial charge on any atom is 0.407 e. The van der Waals surface area contributed by atoms with Gasteiger partial charge in [-0.2, -0.15) is 0 Å². The first-order valence-corrected chi connectivity index (χ1v) is 11.3. The molecule has 2 amide bonds. The van der Waals surface area contributed by atoms with Gasteiger partial charge >= 0.3 is 12.1 Å². The molecule has 2 aromatic rings. The van der Waals surface area contributed by atoms with E-state index in [1.165, 1.54) is 11.1 Å². The van der Waals surface area contributed by atoms with Crippen LogP contribution < -0.4 is 10.6 Å². The number of hydrogen-bond donors (Lipinski definition) is 3.